The fourth-order valence-electron chi connectivity index (χ4n) is 1.73. The van der Waals surface area contributed by atoms with Gasteiger partial charge in [0.25, 0.3) is 0 Å². The molecule has 1 N–H and O–H groups in total. The molecule has 0 spiro atoms. The van der Waals surface area contributed by atoms with Gasteiger partial charge in [-0.05, 0) is 19.1 Å². The molecule has 1 aromatic heterocycles. The van der Waals surface area contributed by atoms with Crippen molar-refractivity contribution in [1.29, 1.82) is 0 Å². The third-order valence-corrected chi connectivity index (χ3v) is 2.78. The Kier molecular flexibility index (Phi) is 3.66. The SMILES string of the molecule is CC(NCc1c(F)cccc1F)c1nncn1C. The lowest BCUT2D eigenvalue weighted by Crippen LogP contribution is -2.22. The van der Waals surface area contributed by atoms with E-state index >= 15 is 0 Å². The summed E-state index contributed by atoms with van der Waals surface area (Å²) in [5, 5.41) is 10.7. The summed E-state index contributed by atoms with van der Waals surface area (Å²) in [6.45, 7) is 1.97. The molecule has 2 rings (SSSR count). The van der Waals surface area contributed by atoms with Gasteiger partial charge in [0.1, 0.15) is 23.8 Å². The predicted octanol–water partition coefficient (Wildman–Crippen LogP) is 1.94. The van der Waals surface area contributed by atoms with Crippen LogP contribution in [-0.4, -0.2) is 14.8 Å². The van der Waals surface area contributed by atoms with Gasteiger partial charge < -0.3 is 9.88 Å². The molecule has 96 valence electrons. The first kappa shape index (κ1) is 12.6. The largest absolute Gasteiger partial charge is 0.319 e. The summed E-state index contributed by atoms with van der Waals surface area (Å²) in [4.78, 5) is 0. The molecule has 4 nitrogen and oxygen atoms in total. The highest BCUT2D eigenvalue weighted by atomic mass is 19.1. The van der Waals surface area contributed by atoms with E-state index in [1.807, 2.05) is 14.0 Å². The van der Waals surface area contributed by atoms with Crippen molar-refractivity contribution in [3.63, 3.8) is 0 Å². The summed E-state index contributed by atoms with van der Waals surface area (Å²) >= 11 is 0. The van der Waals surface area contributed by atoms with Gasteiger partial charge in [-0.1, -0.05) is 6.07 Å². The van der Waals surface area contributed by atoms with Gasteiger partial charge in [0.05, 0.1) is 6.04 Å². The molecule has 0 aliphatic carbocycles. The van der Waals surface area contributed by atoms with Gasteiger partial charge in [-0.15, -0.1) is 10.2 Å². The van der Waals surface area contributed by atoms with Crippen molar-refractivity contribution in [2.45, 2.75) is 19.5 Å². The maximum Gasteiger partial charge on any atom is 0.149 e. The van der Waals surface area contributed by atoms with E-state index in [0.29, 0.717) is 5.82 Å². The predicted molar refractivity (Wildman–Crippen MR) is 62.6 cm³/mol. The van der Waals surface area contributed by atoms with Crippen LogP contribution in [0.3, 0.4) is 0 Å². The number of hydrogen-bond donors (Lipinski definition) is 1. The Morgan fingerprint density at radius 3 is 2.56 bits per heavy atom. The van der Waals surface area contributed by atoms with Crippen LogP contribution in [0.2, 0.25) is 0 Å². The minimum absolute atomic E-state index is 0.0338. The monoisotopic (exact) mass is 252 g/mol. The molecule has 0 amide bonds. The number of hydrogen-bond acceptors (Lipinski definition) is 3. The molecule has 18 heavy (non-hydrogen) atoms. The van der Waals surface area contributed by atoms with Crippen molar-refractivity contribution in [1.82, 2.24) is 20.1 Å². The number of aryl methyl sites for hydroxylation is 1. The third kappa shape index (κ3) is 2.53. The summed E-state index contributed by atoms with van der Waals surface area (Å²) in [7, 11) is 1.82. The number of rotatable bonds is 4. The average Bonchev–Trinajstić information content (AvgIpc) is 2.74. The first-order valence-electron chi connectivity index (χ1n) is 5.59. The number of halogens is 2. The molecular formula is C12H14F2N4. The third-order valence-electron chi connectivity index (χ3n) is 2.78. The summed E-state index contributed by atoms with van der Waals surface area (Å²) in [5.41, 5.74) is 0.0338. The topological polar surface area (TPSA) is 42.7 Å². The second kappa shape index (κ2) is 5.22. The molecular weight excluding hydrogens is 238 g/mol. The fraction of sp³-hybridized carbons (Fsp3) is 0.333. The second-order valence-corrected chi connectivity index (χ2v) is 4.10. The molecule has 0 bridgehead atoms. The van der Waals surface area contributed by atoms with Crippen LogP contribution in [0.25, 0.3) is 0 Å². The molecule has 0 saturated heterocycles. The van der Waals surface area contributed by atoms with Crippen molar-refractivity contribution in [2.24, 2.45) is 7.05 Å². The average molecular weight is 252 g/mol. The Hall–Kier alpha value is -1.82. The van der Waals surface area contributed by atoms with Crippen molar-refractivity contribution in [3.05, 3.63) is 47.5 Å². The summed E-state index contributed by atoms with van der Waals surface area (Å²) < 4.78 is 28.6. The first-order valence-corrected chi connectivity index (χ1v) is 5.59. The van der Waals surface area contributed by atoms with Crippen molar-refractivity contribution < 1.29 is 8.78 Å². The Morgan fingerprint density at radius 1 is 1.33 bits per heavy atom. The van der Waals surface area contributed by atoms with E-state index in [1.165, 1.54) is 18.2 Å². The van der Waals surface area contributed by atoms with Gasteiger partial charge in [0.2, 0.25) is 0 Å². The van der Waals surface area contributed by atoms with E-state index in [4.69, 9.17) is 0 Å². The summed E-state index contributed by atoms with van der Waals surface area (Å²) in [6, 6.07) is 3.69. The molecule has 1 aromatic carbocycles. The zero-order valence-electron chi connectivity index (χ0n) is 10.2. The first-order chi connectivity index (χ1) is 8.59. The number of aromatic nitrogens is 3. The van der Waals surface area contributed by atoms with Gasteiger partial charge in [-0.2, -0.15) is 0 Å². The van der Waals surface area contributed by atoms with Crippen LogP contribution in [0.15, 0.2) is 24.5 Å². The normalized spacial score (nSPS) is 12.7. The molecule has 0 aliphatic rings. The quantitative estimate of drug-likeness (QED) is 0.904. The van der Waals surface area contributed by atoms with E-state index in [0.717, 1.165) is 0 Å². The number of benzene rings is 1. The van der Waals surface area contributed by atoms with Crippen molar-refractivity contribution in [2.75, 3.05) is 0 Å². The zero-order valence-corrected chi connectivity index (χ0v) is 10.2. The van der Waals surface area contributed by atoms with Crippen LogP contribution in [0.1, 0.15) is 24.4 Å². The Labute approximate surface area is 104 Å². The van der Waals surface area contributed by atoms with E-state index in [-0.39, 0.29) is 18.2 Å². The lowest BCUT2D eigenvalue weighted by molar-refractivity contribution is 0.490. The molecule has 1 heterocycles. The minimum atomic E-state index is -0.548. The zero-order chi connectivity index (χ0) is 13.1. The van der Waals surface area contributed by atoms with E-state index in [2.05, 4.69) is 15.5 Å². The molecule has 6 heteroatoms. The summed E-state index contributed by atoms with van der Waals surface area (Å²) in [6.07, 6.45) is 1.58. The Bertz CT molecular complexity index is 518. The van der Waals surface area contributed by atoms with Gasteiger partial charge in [-0.3, -0.25) is 0 Å². The maximum absolute atomic E-state index is 13.4. The lowest BCUT2D eigenvalue weighted by Gasteiger charge is -2.13. The van der Waals surface area contributed by atoms with E-state index in [1.54, 1.807) is 10.9 Å². The molecule has 1 unspecified atom stereocenters. The highest BCUT2D eigenvalue weighted by Gasteiger charge is 2.13. The molecule has 0 aliphatic heterocycles. The number of nitrogens with one attached hydrogen (secondary N) is 1. The highest BCUT2D eigenvalue weighted by molar-refractivity contribution is 5.19. The maximum atomic E-state index is 13.4. The smallest absolute Gasteiger partial charge is 0.149 e. The standard InChI is InChI=1S/C12H14F2N4/c1-8(12-17-16-7-18(12)2)15-6-9-10(13)4-3-5-11(9)14/h3-5,7-8,15H,6H2,1-2H3. The Balaban J connectivity index is 2.06. The van der Waals surface area contributed by atoms with E-state index < -0.39 is 11.6 Å². The van der Waals surface area contributed by atoms with Gasteiger partial charge >= 0.3 is 0 Å². The second-order valence-electron chi connectivity index (χ2n) is 4.10. The van der Waals surface area contributed by atoms with Crippen LogP contribution >= 0.6 is 0 Å². The van der Waals surface area contributed by atoms with Gasteiger partial charge in [0, 0.05) is 19.2 Å². The van der Waals surface area contributed by atoms with Crippen molar-refractivity contribution in [3.8, 4) is 0 Å². The number of nitrogens with zero attached hydrogens (tertiary/aromatic N) is 3. The Morgan fingerprint density at radius 2 is 2.00 bits per heavy atom. The van der Waals surface area contributed by atoms with Crippen LogP contribution in [0.4, 0.5) is 8.78 Å². The molecule has 0 fully saturated rings. The van der Waals surface area contributed by atoms with Crippen molar-refractivity contribution >= 4 is 0 Å². The van der Waals surface area contributed by atoms with Crippen LogP contribution in [0.5, 0.6) is 0 Å². The fourth-order valence-corrected chi connectivity index (χ4v) is 1.73. The summed E-state index contributed by atoms with van der Waals surface area (Å²) in [5.74, 6) is -0.382. The molecule has 2 aromatic rings. The minimum Gasteiger partial charge on any atom is -0.319 e. The van der Waals surface area contributed by atoms with Crippen LogP contribution < -0.4 is 5.32 Å². The molecule has 0 saturated carbocycles. The van der Waals surface area contributed by atoms with E-state index in [9.17, 15) is 8.78 Å². The van der Waals surface area contributed by atoms with Crippen LogP contribution in [0, 0.1) is 11.6 Å². The lowest BCUT2D eigenvalue weighted by atomic mass is 10.2. The van der Waals surface area contributed by atoms with Gasteiger partial charge in [0.15, 0.2) is 0 Å². The van der Waals surface area contributed by atoms with Crippen LogP contribution in [-0.2, 0) is 13.6 Å². The molecule has 0 radical (unpaired) electrons. The highest BCUT2D eigenvalue weighted by Crippen LogP contribution is 2.14. The van der Waals surface area contributed by atoms with Gasteiger partial charge in [-0.25, -0.2) is 8.78 Å². The molecule has 1 atom stereocenters.